The van der Waals surface area contributed by atoms with Gasteiger partial charge in [-0.2, -0.15) is 0 Å². The lowest BCUT2D eigenvalue weighted by Crippen LogP contribution is -2.38. The van der Waals surface area contributed by atoms with E-state index in [9.17, 15) is 15.3 Å². The normalized spacial score (nSPS) is 24.0. The molecule has 10 nitrogen and oxygen atoms in total. The number of para-hydroxylation sites is 2. The highest BCUT2D eigenvalue weighted by molar-refractivity contribution is 5.74. The molecule has 0 bridgehead atoms. The van der Waals surface area contributed by atoms with Gasteiger partial charge in [0.25, 0.3) is 0 Å². The number of nitrogens with zero attached hydrogens (tertiary/aromatic N) is 5. The van der Waals surface area contributed by atoms with E-state index in [1.54, 1.807) is 10.9 Å². The molecule has 10 heteroatoms. The lowest BCUT2D eigenvalue weighted by Gasteiger charge is -2.17. The zero-order valence-electron chi connectivity index (χ0n) is 16.4. The molecule has 30 heavy (non-hydrogen) atoms. The Bertz CT molecular complexity index is 994. The fourth-order valence-corrected chi connectivity index (χ4v) is 3.79. The van der Waals surface area contributed by atoms with E-state index in [-0.39, 0.29) is 6.61 Å². The van der Waals surface area contributed by atoms with Crippen LogP contribution in [0.4, 0.5) is 0 Å². The van der Waals surface area contributed by atoms with Crippen molar-refractivity contribution < 1.29 is 15.3 Å². The molecule has 0 saturated carbocycles. The molecule has 0 unspecified atom stereocenters. The lowest BCUT2D eigenvalue weighted by molar-refractivity contribution is 0.0175. The maximum absolute atomic E-state index is 10.1. The minimum absolute atomic E-state index is 0.250. The van der Waals surface area contributed by atoms with Crippen LogP contribution < -0.4 is 5.32 Å². The van der Waals surface area contributed by atoms with Gasteiger partial charge in [-0.15, -0.1) is 11.5 Å². The smallest absolute Gasteiger partial charge is 0.121 e. The van der Waals surface area contributed by atoms with Crippen molar-refractivity contribution in [2.75, 3.05) is 13.2 Å². The quantitative estimate of drug-likeness (QED) is 0.293. The summed E-state index contributed by atoms with van der Waals surface area (Å²) in [5.74, 6) is 3.48. The first-order valence-electron chi connectivity index (χ1n) is 9.79. The number of hydrogen-bond donors (Lipinski definition) is 5. The first kappa shape index (κ1) is 20.5. The van der Waals surface area contributed by atoms with Gasteiger partial charge in [-0.1, -0.05) is 23.3 Å². The molecule has 0 aliphatic carbocycles. The third kappa shape index (κ3) is 4.35. The Balaban J connectivity index is 1.40. The van der Waals surface area contributed by atoms with Crippen LogP contribution in [0.2, 0.25) is 0 Å². The van der Waals surface area contributed by atoms with E-state index in [1.165, 1.54) is 0 Å². The van der Waals surface area contributed by atoms with Crippen LogP contribution in [0.1, 0.15) is 11.5 Å². The Kier molecular flexibility index (Phi) is 6.08. The van der Waals surface area contributed by atoms with E-state index in [0.29, 0.717) is 26.2 Å². The first-order valence-corrected chi connectivity index (χ1v) is 9.79. The largest absolute Gasteiger partial charge is 0.395 e. The van der Waals surface area contributed by atoms with Gasteiger partial charge in [-0.3, -0.25) is 9.58 Å². The number of aromatic nitrogens is 5. The second-order valence-corrected chi connectivity index (χ2v) is 7.53. The summed E-state index contributed by atoms with van der Waals surface area (Å²) >= 11 is 0. The number of aliphatic hydroxyl groups is 3. The summed E-state index contributed by atoms with van der Waals surface area (Å²) in [6.45, 7) is 1.53. The van der Waals surface area contributed by atoms with Crippen LogP contribution in [0.3, 0.4) is 0 Å². The fourth-order valence-electron chi connectivity index (χ4n) is 3.79. The highest BCUT2D eigenvalue weighted by Crippen LogP contribution is 2.16. The average molecular weight is 411 g/mol. The zero-order chi connectivity index (χ0) is 21.1. The molecular weight excluding hydrogens is 386 g/mol. The second kappa shape index (κ2) is 8.91. The van der Waals surface area contributed by atoms with E-state index in [4.69, 9.17) is 6.42 Å². The average Bonchev–Trinajstić information content (AvgIpc) is 3.42. The van der Waals surface area contributed by atoms with Crippen molar-refractivity contribution in [1.29, 1.82) is 0 Å². The van der Waals surface area contributed by atoms with E-state index < -0.39 is 24.3 Å². The molecule has 1 aliphatic heterocycles. The summed E-state index contributed by atoms with van der Waals surface area (Å²) < 4.78 is 1.61. The van der Waals surface area contributed by atoms with Gasteiger partial charge in [0.1, 0.15) is 5.82 Å². The highest BCUT2D eigenvalue weighted by Gasteiger charge is 2.40. The fraction of sp³-hybridized carbons (Fsp3) is 0.450. The molecule has 1 fully saturated rings. The number of rotatable bonds is 8. The summed E-state index contributed by atoms with van der Waals surface area (Å²) in [7, 11) is 0. The molecular formula is C20H25N7O3. The Morgan fingerprint density at radius 3 is 2.70 bits per heavy atom. The van der Waals surface area contributed by atoms with Crippen molar-refractivity contribution in [3.05, 3.63) is 42.0 Å². The standard InChI is InChI=1S/C20H25N7O3/c1-2-7-26(11-18-22-14-5-3-4-6-15(14)23-18)8-13-9-27(25-24-13)10-16-19(29)20(30)17(12-28)21-16/h1,3-6,9,16-17,19-21,28-30H,7-8,10-12H2,(H,22,23)/t16-,17-,19-,20-/m1/s1. The van der Waals surface area contributed by atoms with Gasteiger partial charge < -0.3 is 25.6 Å². The Hall–Kier alpha value is -2.81. The van der Waals surface area contributed by atoms with Gasteiger partial charge in [-0.25, -0.2) is 4.98 Å². The van der Waals surface area contributed by atoms with Gasteiger partial charge in [0, 0.05) is 12.7 Å². The number of imidazole rings is 1. The second-order valence-electron chi connectivity index (χ2n) is 7.53. The topological polar surface area (TPSA) is 135 Å². The SMILES string of the molecule is C#CCN(Cc1cn(C[C@H]2N[C@H](CO)[C@@H](O)[C@@H]2O)nn1)Cc1nc2ccccc2[nH]1. The van der Waals surface area contributed by atoms with Crippen LogP contribution in [0.25, 0.3) is 11.0 Å². The predicted octanol–water partition coefficient (Wildman–Crippen LogP) is -1.16. The zero-order valence-corrected chi connectivity index (χ0v) is 16.4. The van der Waals surface area contributed by atoms with Gasteiger partial charge >= 0.3 is 0 Å². The summed E-state index contributed by atoms with van der Waals surface area (Å²) in [4.78, 5) is 9.92. The van der Waals surface area contributed by atoms with E-state index in [1.807, 2.05) is 29.2 Å². The molecule has 158 valence electrons. The van der Waals surface area contributed by atoms with Crippen molar-refractivity contribution >= 4 is 11.0 Å². The van der Waals surface area contributed by atoms with Crippen molar-refractivity contribution in [2.45, 2.75) is 43.9 Å². The molecule has 3 heterocycles. The number of fused-ring (bicyclic) bond motifs is 1. The van der Waals surface area contributed by atoms with Crippen LogP contribution in [-0.4, -0.2) is 82.6 Å². The maximum atomic E-state index is 10.1. The van der Waals surface area contributed by atoms with E-state index >= 15 is 0 Å². The molecule has 1 aromatic carbocycles. The van der Waals surface area contributed by atoms with Gasteiger partial charge in [0.05, 0.1) is 67.3 Å². The number of hydrogen-bond acceptors (Lipinski definition) is 8. The van der Waals surface area contributed by atoms with Crippen LogP contribution in [0.15, 0.2) is 30.5 Å². The Labute approximate surface area is 173 Å². The summed E-state index contributed by atoms with van der Waals surface area (Å²) in [5, 5.41) is 40.7. The minimum atomic E-state index is -1.02. The van der Waals surface area contributed by atoms with E-state index in [2.05, 4.69) is 31.5 Å². The number of H-pyrrole nitrogens is 1. The van der Waals surface area contributed by atoms with Gasteiger partial charge in [-0.05, 0) is 12.1 Å². The molecule has 2 aromatic heterocycles. The van der Waals surface area contributed by atoms with E-state index in [0.717, 1.165) is 22.6 Å². The van der Waals surface area contributed by atoms with Crippen LogP contribution in [0.5, 0.6) is 0 Å². The van der Waals surface area contributed by atoms with Crippen LogP contribution in [0, 0.1) is 12.3 Å². The number of terminal acetylenes is 1. The predicted molar refractivity (Wildman–Crippen MR) is 109 cm³/mol. The third-order valence-electron chi connectivity index (χ3n) is 5.28. The van der Waals surface area contributed by atoms with Crippen molar-refractivity contribution in [3.8, 4) is 12.3 Å². The highest BCUT2D eigenvalue weighted by atomic mass is 16.3. The molecule has 1 saturated heterocycles. The minimum Gasteiger partial charge on any atom is -0.395 e. The van der Waals surface area contributed by atoms with Crippen LogP contribution >= 0.6 is 0 Å². The third-order valence-corrected chi connectivity index (χ3v) is 5.28. The molecule has 4 atom stereocenters. The first-order chi connectivity index (χ1) is 14.6. The molecule has 5 N–H and O–H groups in total. The summed E-state index contributed by atoms with van der Waals surface area (Å²) in [5.41, 5.74) is 2.61. The summed E-state index contributed by atoms with van der Waals surface area (Å²) in [6, 6.07) is 6.86. The summed E-state index contributed by atoms with van der Waals surface area (Å²) in [6.07, 6.45) is 5.32. The maximum Gasteiger partial charge on any atom is 0.121 e. The monoisotopic (exact) mass is 411 g/mol. The van der Waals surface area contributed by atoms with Gasteiger partial charge in [0.15, 0.2) is 0 Å². The van der Waals surface area contributed by atoms with Gasteiger partial charge in [0.2, 0.25) is 0 Å². The number of nitrogens with one attached hydrogen (secondary N) is 2. The lowest BCUT2D eigenvalue weighted by atomic mass is 10.1. The Morgan fingerprint density at radius 1 is 1.17 bits per heavy atom. The van der Waals surface area contributed by atoms with Crippen molar-refractivity contribution in [2.24, 2.45) is 0 Å². The molecule has 0 radical (unpaired) electrons. The molecule has 0 amide bonds. The van der Waals surface area contributed by atoms with Crippen molar-refractivity contribution in [3.63, 3.8) is 0 Å². The van der Waals surface area contributed by atoms with Crippen LogP contribution in [-0.2, 0) is 19.6 Å². The van der Waals surface area contributed by atoms with Crippen molar-refractivity contribution in [1.82, 2.24) is 35.2 Å². The number of aromatic amines is 1. The number of aliphatic hydroxyl groups excluding tert-OH is 3. The molecule has 0 spiro atoms. The Morgan fingerprint density at radius 2 is 1.97 bits per heavy atom. The molecule has 3 aromatic rings. The molecule has 4 rings (SSSR count). The molecule has 1 aliphatic rings. The number of benzene rings is 1.